The third-order valence-corrected chi connectivity index (χ3v) is 4.20. The minimum absolute atomic E-state index is 0.199. The molecule has 2 atom stereocenters. The fourth-order valence-electron chi connectivity index (χ4n) is 3.00. The SMILES string of the molecule is Cc1cc(C[C@@H]2COC[C@H]2NCc2ccc(OC(C)C)cc2)on1. The van der Waals surface area contributed by atoms with Crippen LogP contribution in [0.1, 0.15) is 30.9 Å². The third-order valence-electron chi connectivity index (χ3n) is 4.20. The molecule has 1 aromatic carbocycles. The van der Waals surface area contributed by atoms with E-state index in [-0.39, 0.29) is 6.10 Å². The quantitative estimate of drug-likeness (QED) is 0.845. The summed E-state index contributed by atoms with van der Waals surface area (Å²) in [4.78, 5) is 0. The lowest BCUT2D eigenvalue weighted by atomic mass is 9.98. The Morgan fingerprint density at radius 2 is 2.04 bits per heavy atom. The van der Waals surface area contributed by atoms with E-state index < -0.39 is 0 Å². The molecule has 1 aromatic heterocycles. The van der Waals surface area contributed by atoms with Gasteiger partial charge < -0.3 is 19.3 Å². The summed E-state index contributed by atoms with van der Waals surface area (Å²) < 4.78 is 16.7. The summed E-state index contributed by atoms with van der Waals surface area (Å²) in [6.45, 7) is 8.34. The van der Waals surface area contributed by atoms with E-state index in [0.29, 0.717) is 12.0 Å². The maximum atomic E-state index is 5.68. The predicted octanol–water partition coefficient (Wildman–Crippen LogP) is 3.12. The van der Waals surface area contributed by atoms with Crippen molar-refractivity contribution in [3.8, 4) is 5.75 Å². The summed E-state index contributed by atoms with van der Waals surface area (Å²) in [6.07, 6.45) is 1.06. The topological polar surface area (TPSA) is 56.5 Å². The van der Waals surface area contributed by atoms with Crippen LogP contribution in [0.25, 0.3) is 0 Å². The van der Waals surface area contributed by atoms with Crippen LogP contribution >= 0.6 is 0 Å². The zero-order chi connectivity index (χ0) is 16.9. The molecule has 5 heteroatoms. The average molecular weight is 330 g/mol. The molecule has 0 amide bonds. The van der Waals surface area contributed by atoms with E-state index >= 15 is 0 Å². The largest absolute Gasteiger partial charge is 0.491 e. The molecule has 0 radical (unpaired) electrons. The second-order valence-electron chi connectivity index (χ2n) is 6.73. The van der Waals surface area contributed by atoms with Crippen molar-refractivity contribution in [1.82, 2.24) is 10.5 Å². The van der Waals surface area contributed by atoms with Crippen LogP contribution in [0.5, 0.6) is 5.75 Å². The van der Waals surface area contributed by atoms with Crippen molar-refractivity contribution in [2.24, 2.45) is 5.92 Å². The van der Waals surface area contributed by atoms with Crippen molar-refractivity contribution in [2.75, 3.05) is 13.2 Å². The molecule has 24 heavy (non-hydrogen) atoms. The van der Waals surface area contributed by atoms with Crippen LogP contribution in [0.4, 0.5) is 0 Å². The van der Waals surface area contributed by atoms with E-state index in [2.05, 4.69) is 22.6 Å². The van der Waals surface area contributed by atoms with Crippen LogP contribution in [-0.4, -0.2) is 30.5 Å². The molecule has 130 valence electrons. The third kappa shape index (κ3) is 4.58. The monoisotopic (exact) mass is 330 g/mol. The summed E-state index contributed by atoms with van der Waals surface area (Å²) in [5, 5.41) is 7.57. The van der Waals surface area contributed by atoms with Gasteiger partial charge in [-0.05, 0) is 38.5 Å². The molecule has 3 rings (SSSR count). The lowest BCUT2D eigenvalue weighted by molar-refractivity contribution is 0.181. The molecule has 1 N–H and O–H groups in total. The van der Waals surface area contributed by atoms with Crippen LogP contribution < -0.4 is 10.1 Å². The van der Waals surface area contributed by atoms with E-state index in [1.165, 1.54) is 5.56 Å². The van der Waals surface area contributed by atoms with Gasteiger partial charge in [0.2, 0.25) is 0 Å². The highest BCUT2D eigenvalue weighted by Crippen LogP contribution is 2.20. The number of aryl methyl sites for hydroxylation is 1. The van der Waals surface area contributed by atoms with Crippen molar-refractivity contribution in [1.29, 1.82) is 0 Å². The molecule has 0 spiro atoms. The number of rotatable bonds is 7. The summed E-state index contributed by atoms with van der Waals surface area (Å²) in [7, 11) is 0. The molecule has 1 saturated heterocycles. The van der Waals surface area contributed by atoms with Crippen LogP contribution in [-0.2, 0) is 17.7 Å². The molecule has 1 fully saturated rings. The first kappa shape index (κ1) is 17.0. The van der Waals surface area contributed by atoms with Crippen LogP contribution in [0.15, 0.2) is 34.9 Å². The highest BCUT2D eigenvalue weighted by atomic mass is 16.5. The highest BCUT2D eigenvalue weighted by molar-refractivity contribution is 5.27. The maximum absolute atomic E-state index is 5.68. The molecule has 1 aliphatic heterocycles. The normalized spacial score (nSPS) is 20.7. The van der Waals surface area contributed by atoms with Gasteiger partial charge in [-0.2, -0.15) is 0 Å². The fourth-order valence-corrected chi connectivity index (χ4v) is 3.00. The lowest BCUT2D eigenvalue weighted by Crippen LogP contribution is -2.36. The molecule has 0 saturated carbocycles. The summed E-state index contributed by atoms with van der Waals surface area (Å²) >= 11 is 0. The van der Waals surface area contributed by atoms with Gasteiger partial charge >= 0.3 is 0 Å². The van der Waals surface area contributed by atoms with Crippen molar-refractivity contribution in [3.63, 3.8) is 0 Å². The Kier molecular flexibility index (Phi) is 5.53. The molecular weight excluding hydrogens is 304 g/mol. The van der Waals surface area contributed by atoms with Crippen LogP contribution in [0.2, 0.25) is 0 Å². The van der Waals surface area contributed by atoms with Crippen molar-refractivity contribution >= 4 is 0 Å². The Morgan fingerprint density at radius 1 is 1.25 bits per heavy atom. The van der Waals surface area contributed by atoms with Crippen molar-refractivity contribution in [3.05, 3.63) is 47.3 Å². The Labute approximate surface area is 143 Å². The van der Waals surface area contributed by atoms with E-state index in [1.54, 1.807) is 0 Å². The predicted molar refractivity (Wildman–Crippen MR) is 92.1 cm³/mol. The molecule has 0 aliphatic carbocycles. The number of nitrogens with zero attached hydrogens (tertiary/aromatic N) is 1. The van der Waals surface area contributed by atoms with E-state index in [4.69, 9.17) is 14.0 Å². The van der Waals surface area contributed by atoms with Gasteiger partial charge in [-0.25, -0.2) is 0 Å². The highest BCUT2D eigenvalue weighted by Gasteiger charge is 2.29. The van der Waals surface area contributed by atoms with Gasteiger partial charge in [-0.1, -0.05) is 17.3 Å². The average Bonchev–Trinajstić information content (AvgIpc) is 3.15. The van der Waals surface area contributed by atoms with Gasteiger partial charge in [0.25, 0.3) is 0 Å². The Hall–Kier alpha value is -1.85. The first-order valence-electron chi connectivity index (χ1n) is 8.59. The zero-order valence-corrected chi connectivity index (χ0v) is 14.6. The second kappa shape index (κ2) is 7.81. The van der Waals surface area contributed by atoms with E-state index in [0.717, 1.165) is 43.4 Å². The van der Waals surface area contributed by atoms with E-state index in [9.17, 15) is 0 Å². The summed E-state index contributed by atoms with van der Waals surface area (Å²) in [6, 6.07) is 10.6. The molecule has 0 bridgehead atoms. The van der Waals surface area contributed by atoms with Crippen LogP contribution in [0, 0.1) is 12.8 Å². The number of aromatic nitrogens is 1. The molecule has 1 aliphatic rings. The number of benzene rings is 1. The fraction of sp³-hybridized carbons (Fsp3) is 0.526. The molecule has 0 unspecified atom stereocenters. The first-order valence-corrected chi connectivity index (χ1v) is 8.59. The number of ether oxygens (including phenoxy) is 2. The van der Waals surface area contributed by atoms with Gasteiger partial charge in [0.15, 0.2) is 0 Å². The smallest absolute Gasteiger partial charge is 0.137 e. The summed E-state index contributed by atoms with van der Waals surface area (Å²) in [5.74, 6) is 2.27. The van der Waals surface area contributed by atoms with Crippen molar-refractivity contribution in [2.45, 2.75) is 45.9 Å². The number of hydrogen-bond acceptors (Lipinski definition) is 5. The second-order valence-corrected chi connectivity index (χ2v) is 6.73. The minimum Gasteiger partial charge on any atom is -0.491 e. The zero-order valence-electron chi connectivity index (χ0n) is 14.6. The molecule has 2 heterocycles. The van der Waals surface area contributed by atoms with Gasteiger partial charge in [-0.3, -0.25) is 0 Å². The maximum Gasteiger partial charge on any atom is 0.137 e. The standard InChI is InChI=1S/C19H26N2O3/c1-13(2)23-17-6-4-15(5-7-17)10-20-19-12-22-11-16(19)9-18-8-14(3)21-24-18/h4-8,13,16,19-20H,9-12H2,1-3H3/t16-,19-/m1/s1. The van der Waals surface area contributed by atoms with Gasteiger partial charge in [0, 0.05) is 31.0 Å². The Morgan fingerprint density at radius 3 is 2.71 bits per heavy atom. The van der Waals surface area contributed by atoms with Gasteiger partial charge in [0.1, 0.15) is 11.5 Å². The first-order chi connectivity index (χ1) is 11.6. The lowest BCUT2D eigenvalue weighted by Gasteiger charge is -2.18. The molecule has 5 nitrogen and oxygen atoms in total. The Bertz CT molecular complexity index is 636. The molecule has 2 aromatic rings. The Balaban J connectivity index is 1.51. The van der Waals surface area contributed by atoms with Gasteiger partial charge in [-0.15, -0.1) is 0 Å². The van der Waals surface area contributed by atoms with Crippen LogP contribution in [0.3, 0.4) is 0 Å². The number of hydrogen-bond donors (Lipinski definition) is 1. The summed E-state index contributed by atoms with van der Waals surface area (Å²) in [5.41, 5.74) is 2.17. The van der Waals surface area contributed by atoms with E-state index in [1.807, 2.05) is 39.0 Å². The number of nitrogens with one attached hydrogen (secondary N) is 1. The van der Waals surface area contributed by atoms with Crippen molar-refractivity contribution < 1.29 is 14.0 Å². The minimum atomic E-state index is 0.199. The molecular formula is C19H26N2O3. The van der Waals surface area contributed by atoms with Gasteiger partial charge in [0.05, 0.1) is 25.0 Å².